The van der Waals surface area contributed by atoms with Gasteiger partial charge in [0.05, 0.1) is 7.11 Å². The molecule has 1 aliphatic carbocycles. The van der Waals surface area contributed by atoms with Crippen LogP contribution in [-0.4, -0.2) is 38.2 Å². The summed E-state index contributed by atoms with van der Waals surface area (Å²) in [5.41, 5.74) is -0.209. The summed E-state index contributed by atoms with van der Waals surface area (Å²) in [6, 6.07) is 7.27. The molecule has 1 amide bonds. The molecule has 0 saturated heterocycles. The summed E-state index contributed by atoms with van der Waals surface area (Å²) in [4.78, 5) is 47.0. The molecule has 1 aromatic carbocycles. The minimum Gasteiger partial charge on any atom is -0.497 e. The van der Waals surface area contributed by atoms with Crippen LogP contribution >= 0.6 is 0 Å². The van der Waals surface area contributed by atoms with Crippen LogP contribution in [0, 0.1) is 0 Å². The summed E-state index contributed by atoms with van der Waals surface area (Å²) < 4.78 is 7.37. The Morgan fingerprint density at radius 3 is 2.55 bits per heavy atom. The zero-order valence-corrected chi connectivity index (χ0v) is 17.6. The number of nitrogens with one attached hydrogen (secondary N) is 1. The maximum absolute atomic E-state index is 12.9. The quantitative estimate of drug-likeness (QED) is 0.668. The van der Waals surface area contributed by atoms with Crippen LogP contribution in [0.3, 0.4) is 0 Å². The molecule has 4 rings (SSSR count). The summed E-state index contributed by atoms with van der Waals surface area (Å²) in [6.07, 6.45) is 6.60. The number of rotatable bonds is 5. The van der Waals surface area contributed by atoms with Gasteiger partial charge in [-0.2, -0.15) is 0 Å². The standard InChI is InChI=1S/C22H25N5O4/c1-26-20-17(12-23-19(25-20)14-8-10-16(31-2)11-9-14)21(29)27(22(26)30)13-18(28)24-15-6-4-3-5-7-15/h8-12,15H,3-7,13H2,1-2H3,(H,24,28). The normalized spacial score (nSPS) is 14.5. The van der Waals surface area contributed by atoms with Gasteiger partial charge in [-0.15, -0.1) is 0 Å². The average molecular weight is 423 g/mol. The lowest BCUT2D eigenvalue weighted by Gasteiger charge is -2.22. The minimum atomic E-state index is -0.587. The van der Waals surface area contributed by atoms with Crippen LogP contribution in [0.15, 0.2) is 40.1 Å². The molecule has 0 bridgehead atoms. The molecule has 1 N–H and O–H groups in total. The molecule has 9 nitrogen and oxygen atoms in total. The number of hydrogen-bond donors (Lipinski definition) is 1. The van der Waals surface area contributed by atoms with Gasteiger partial charge in [-0.25, -0.2) is 14.8 Å². The molecule has 31 heavy (non-hydrogen) atoms. The second-order valence-corrected chi connectivity index (χ2v) is 7.79. The average Bonchev–Trinajstić information content (AvgIpc) is 2.81. The Morgan fingerprint density at radius 2 is 1.87 bits per heavy atom. The number of aromatic nitrogens is 4. The second-order valence-electron chi connectivity index (χ2n) is 7.79. The van der Waals surface area contributed by atoms with Gasteiger partial charge in [0.1, 0.15) is 17.7 Å². The van der Waals surface area contributed by atoms with Gasteiger partial charge in [0.2, 0.25) is 5.91 Å². The summed E-state index contributed by atoms with van der Waals surface area (Å²) in [5.74, 6) is 0.755. The number of amides is 1. The van der Waals surface area contributed by atoms with E-state index in [-0.39, 0.29) is 29.5 Å². The number of fused-ring (bicyclic) bond motifs is 1. The predicted molar refractivity (Wildman–Crippen MR) is 116 cm³/mol. The van der Waals surface area contributed by atoms with E-state index in [0.29, 0.717) is 11.6 Å². The smallest absolute Gasteiger partial charge is 0.332 e. The van der Waals surface area contributed by atoms with Gasteiger partial charge in [0.25, 0.3) is 5.56 Å². The SMILES string of the molecule is COc1ccc(-c2ncc3c(=O)n(CC(=O)NC4CCCCC4)c(=O)n(C)c3n2)cc1. The van der Waals surface area contributed by atoms with E-state index in [1.807, 2.05) is 0 Å². The third-order valence-corrected chi connectivity index (χ3v) is 5.70. The third-order valence-electron chi connectivity index (χ3n) is 5.70. The first-order chi connectivity index (χ1) is 15.0. The van der Waals surface area contributed by atoms with Crippen molar-refractivity contribution >= 4 is 16.9 Å². The number of ether oxygens (including phenoxy) is 1. The number of carbonyl (C=O) groups is 1. The van der Waals surface area contributed by atoms with E-state index in [1.165, 1.54) is 24.2 Å². The van der Waals surface area contributed by atoms with Crippen molar-refractivity contribution in [3.63, 3.8) is 0 Å². The number of nitrogens with zero attached hydrogens (tertiary/aromatic N) is 4. The van der Waals surface area contributed by atoms with Crippen LogP contribution in [0.1, 0.15) is 32.1 Å². The molecule has 0 radical (unpaired) electrons. The van der Waals surface area contributed by atoms with Crippen molar-refractivity contribution in [2.24, 2.45) is 7.05 Å². The maximum Gasteiger partial charge on any atom is 0.332 e. The van der Waals surface area contributed by atoms with Gasteiger partial charge < -0.3 is 10.1 Å². The fourth-order valence-electron chi connectivity index (χ4n) is 3.97. The summed E-state index contributed by atoms with van der Waals surface area (Å²) >= 11 is 0. The van der Waals surface area contributed by atoms with E-state index in [0.717, 1.165) is 35.8 Å². The lowest BCUT2D eigenvalue weighted by atomic mass is 9.95. The second kappa shape index (κ2) is 8.71. The van der Waals surface area contributed by atoms with Crippen LogP contribution in [-0.2, 0) is 18.4 Å². The highest BCUT2D eigenvalue weighted by molar-refractivity contribution is 5.78. The summed E-state index contributed by atoms with van der Waals surface area (Å²) in [7, 11) is 3.11. The molecule has 0 spiro atoms. The highest BCUT2D eigenvalue weighted by atomic mass is 16.5. The Hall–Kier alpha value is -3.49. The van der Waals surface area contributed by atoms with Crippen LogP contribution in [0.4, 0.5) is 0 Å². The molecule has 1 fully saturated rings. The fraction of sp³-hybridized carbons (Fsp3) is 0.409. The van der Waals surface area contributed by atoms with E-state index >= 15 is 0 Å². The molecular formula is C22H25N5O4. The maximum atomic E-state index is 12.9. The topological polar surface area (TPSA) is 108 Å². The molecule has 0 aliphatic heterocycles. The first-order valence-corrected chi connectivity index (χ1v) is 10.4. The van der Waals surface area contributed by atoms with E-state index < -0.39 is 11.2 Å². The fourth-order valence-corrected chi connectivity index (χ4v) is 3.97. The lowest BCUT2D eigenvalue weighted by molar-refractivity contribution is -0.122. The predicted octanol–water partition coefficient (Wildman–Crippen LogP) is 1.61. The molecule has 0 atom stereocenters. The van der Waals surface area contributed by atoms with Crippen molar-refractivity contribution in [1.29, 1.82) is 0 Å². The number of hydrogen-bond acceptors (Lipinski definition) is 6. The molecule has 162 valence electrons. The molecule has 0 unspecified atom stereocenters. The van der Waals surface area contributed by atoms with Crippen LogP contribution in [0.2, 0.25) is 0 Å². The van der Waals surface area contributed by atoms with E-state index in [2.05, 4.69) is 15.3 Å². The highest BCUT2D eigenvalue weighted by Gasteiger charge is 2.19. The van der Waals surface area contributed by atoms with Gasteiger partial charge in [-0.1, -0.05) is 19.3 Å². The van der Waals surface area contributed by atoms with Gasteiger partial charge in [-0.3, -0.25) is 18.7 Å². The molecule has 1 saturated carbocycles. The van der Waals surface area contributed by atoms with Crippen molar-refractivity contribution in [2.45, 2.75) is 44.7 Å². The van der Waals surface area contributed by atoms with Crippen molar-refractivity contribution in [3.8, 4) is 17.1 Å². The van der Waals surface area contributed by atoms with Crippen LogP contribution < -0.4 is 21.3 Å². The summed E-state index contributed by atoms with van der Waals surface area (Å²) in [6.45, 7) is -0.321. The zero-order chi connectivity index (χ0) is 22.0. The summed E-state index contributed by atoms with van der Waals surface area (Å²) in [5, 5.41) is 3.13. The molecule has 2 heterocycles. The monoisotopic (exact) mass is 423 g/mol. The minimum absolute atomic E-state index is 0.108. The first kappa shape index (κ1) is 20.8. The highest BCUT2D eigenvalue weighted by Crippen LogP contribution is 2.20. The largest absolute Gasteiger partial charge is 0.497 e. The Kier molecular flexibility index (Phi) is 5.83. The lowest BCUT2D eigenvalue weighted by Crippen LogP contribution is -2.45. The molecule has 3 aromatic rings. The van der Waals surface area contributed by atoms with Gasteiger partial charge >= 0.3 is 5.69 Å². The molecule has 2 aromatic heterocycles. The first-order valence-electron chi connectivity index (χ1n) is 10.4. The van der Waals surface area contributed by atoms with Crippen LogP contribution in [0.5, 0.6) is 5.75 Å². The Morgan fingerprint density at radius 1 is 1.16 bits per heavy atom. The van der Waals surface area contributed by atoms with Crippen LogP contribution in [0.25, 0.3) is 22.4 Å². The molecular weight excluding hydrogens is 398 g/mol. The molecule has 1 aliphatic rings. The molecule has 9 heteroatoms. The van der Waals surface area contributed by atoms with Crippen molar-refractivity contribution in [2.75, 3.05) is 7.11 Å². The van der Waals surface area contributed by atoms with Crippen molar-refractivity contribution in [1.82, 2.24) is 24.4 Å². The van der Waals surface area contributed by atoms with E-state index in [1.54, 1.807) is 31.4 Å². The van der Waals surface area contributed by atoms with Gasteiger partial charge in [-0.05, 0) is 37.1 Å². The number of carbonyl (C=O) groups excluding carboxylic acids is 1. The van der Waals surface area contributed by atoms with Gasteiger partial charge in [0, 0.05) is 24.8 Å². The Balaban J connectivity index is 1.66. The van der Waals surface area contributed by atoms with Crippen molar-refractivity contribution < 1.29 is 9.53 Å². The number of methoxy groups -OCH3 is 1. The van der Waals surface area contributed by atoms with E-state index in [4.69, 9.17) is 4.74 Å². The third kappa shape index (κ3) is 4.21. The van der Waals surface area contributed by atoms with Gasteiger partial charge in [0.15, 0.2) is 11.5 Å². The number of benzene rings is 1. The van der Waals surface area contributed by atoms with Crippen molar-refractivity contribution in [3.05, 3.63) is 51.3 Å². The zero-order valence-electron chi connectivity index (χ0n) is 17.6. The number of aryl methyl sites for hydroxylation is 1. The Labute approximate surface area is 178 Å². The Bertz CT molecular complexity index is 1220. The van der Waals surface area contributed by atoms with E-state index in [9.17, 15) is 14.4 Å².